The number of halogens is 1. The lowest BCUT2D eigenvalue weighted by molar-refractivity contribution is -0.117. The van der Waals surface area contributed by atoms with Gasteiger partial charge in [-0.2, -0.15) is 0 Å². The molecule has 1 N–H and O–H groups in total. The third-order valence-electron chi connectivity index (χ3n) is 5.14. The molecule has 1 saturated heterocycles. The molecule has 1 aromatic carbocycles. The number of fused-ring (bicyclic) bond motifs is 1. The highest BCUT2D eigenvalue weighted by molar-refractivity contribution is 14.0. The Kier molecular flexibility index (Phi) is 6.77. The summed E-state index contributed by atoms with van der Waals surface area (Å²) in [7, 11) is -1.47. The monoisotopic (exact) mass is 506 g/mol. The molecule has 0 bridgehead atoms. The van der Waals surface area contributed by atoms with Gasteiger partial charge in [-0.3, -0.25) is 9.79 Å². The second kappa shape index (κ2) is 8.34. The smallest absolute Gasteiger partial charge is 0.246 e. The van der Waals surface area contributed by atoms with Crippen molar-refractivity contribution in [3.63, 3.8) is 0 Å². The first-order valence-corrected chi connectivity index (χ1v) is 10.5. The minimum absolute atomic E-state index is 0. The molecule has 27 heavy (non-hydrogen) atoms. The molecular formula is C18H27IN4O3S. The van der Waals surface area contributed by atoms with E-state index in [0.29, 0.717) is 25.6 Å². The van der Waals surface area contributed by atoms with E-state index in [1.165, 1.54) is 5.56 Å². The summed E-state index contributed by atoms with van der Waals surface area (Å²) in [6.07, 6.45) is 0.870. The van der Waals surface area contributed by atoms with Gasteiger partial charge < -0.3 is 15.1 Å². The van der Waals surface area contributed by atoms with E-state index in [0.717, 1.165) is 12.1 Å². The number of benzene rings is 1. The molecule has 0 aliphatic carbocycles. The van der Waals surface area contributed by atoms with Crippen LogP contribution in [0.25, 0.3) is 0 Å². The SMILES string of the molecule is CN=C(NCC(=O)N1CCc2ccccc21)N1CCS(=O)(=O)C(C)(C)C1.I. The fourth-order valence-electron chi connectivity index (χ4n) is 3.50. The van der Waals surface area contributed by atoms with Gasteiger partial charge in [-0.05, 0) is 31.9 Å². The van der Waals surface area contributed by atoms with Crippen LogP contribution in [0.4, 0.5) is 5.69 Å². The lowest BCUT2D eigenvalue weighted by Crippen LogP contribution is -2.58. The largest absolute Gasteiger partial charge is 0.347 e. The number of nitrogens with one attached hydrogen (secondary N) is 1. The van der Waals surface area contributed by atoms with Gasteiger partial charge in [-0.25, -0.2) is 8.42 Å². The number of guanidine groups is 1. The number of para-hydroxylation sites is 1. The number of anilines is 1. The van der Waals surface area contributed by atoms with Crippen molar-refractivity contribution < 1.29 is 13.2 Å². The molecule has 2 aliphatic heterocycles. The molecule has 1 aromatic rings. The van der Waals surface area contributed by atoms with E-state index in [1.54, 1.807) is 25.8 Å². The lowest BCUT2D eigenvalue weighted by Gasteiger charge is -2.39. The van der Waals surface area contributed by atoms with E-state index in [9.17, 15) is 13.2 Å². The summed E-state index contributed by atoms with van der Waals surface area (Å²) < 4.78 is 23.5. The summed E-state index contributed by atoms with van der Waals surface area (Å²) >= 11 is 0. The van der Waals surface area contributed by atoms with Crippen molar-refractivity contribution in [2.24, 2.45) is 4.99 Å². The zero-order valence-electron chi connectivity index (χ0n) is 15.9. The molecule has 0 unspecified atom stereocenters. The number of nitrogens with zero attached hydrogens (tertiary/aromatic N) is 3. The standard InChI is InChI=1S/C18H26N4O3S.HI/c1-18(2)13-21(10-11-26(18,24)25)17(19-3)20-12-16(23)22-9-8-14-6-4-5-7-15(14)22;/h4-7H,8-13H2,1-3H3,(H,19,20);1H. The highest BCUT2D eigenvalue weighted by Crippen LogP contribution is 2.27. The number of hydrogen-bond acceptors (Lipinski definition) is 4. The lowest BCUT2D eigenvalue weighted by atomic mass is 10.2. The molecule has 0 aromatic heterocycles. The molecule has 150 valence electrons. The van der Waals surface area contributed by atoms with Crippen LogP contribution in [-0.4, -0.2) is 68.9 Å². The van der Waals surface area contributed by atoms with Gasteiger partial charge in [-0.15, -0.1) is 24.0 Å². The van der Waals surface area contributed by atoms with Crippen LogP contribution in [0.1, 0.15) is 19.4 Å². The van der Waals surface area contributed by atoms with E-state index >= 15 is 0 Å². The molecule has 1 amide bonds. The third kappa shape index (κ3) is 4.39. The van der Waals surface area contributed by atoms with E-state index in [4.69, 9.17) is 0 Å². The first-order valence-electron chi connectivity index (χ1n) is 8.81. The molecule has 0 spiro atoms. The number of carbonyl (C=O) groups excluding carboxylic acids is 1. The van der Waals surface area contributed by atoms with Gasteiger partial charge in [0.25, 0.3) is 0 Å². The fraction of sp³-hybridized carbons (Fsp3) is 0.556. The van der Waals surface area contributed by atoms with Crippen molar-refractivity contribution >= 4 is 51.4 Å². The molecule has 9 heteroatoms. The minimum Gasteiger partial charge on any atom is -0.347 e. The second-order valence-corrected chi connectivity index (χ2v) is 10.1. The maximum absolute atomic E-state index is 12.6. The molecule has 3 rings (SSSR count). The molecule has 0 saturated carbocycles. The van der Waals surface area contributed by atoms with Crippen LogP contribution in [0.5, 0.6) is 0 Å². The van der Waals surface area contributed by atoms with Gasteiger partial charge in [-0.1, -0.05) is 18.2 Å². The summed E-state index contributed by atoms with van der Waals surface area (Å²) in [4.78, 5) is 20.6. The van der Waals surface area contributed by atoms with Crippen LogP contribution in [-0.2, 0) is 21.1 Å². The van der Waals surface area contributed by atoms with Crippen molar-refractivity contribution in [3.8, 4) is 0 Å². The van der Waals surface area contributed by atoms with Crippen molar-refractivity contribution in [2.45, 2.75) is 25.0 Å². The number of sulfone groups is 1. The van der Waals surface area contributed by atoms with Crippen molar-refractivity contribution in [2.75, 3.05) is 43.9 Å². The minimum atomic E-state index is -3.11. The predicted octanol–water partition coefficient (Wildman–Crippen LogP) is 1.28. The van der Waals surface area contributed by atoms with Crippen molar-refractivity contribution in [1.29, 1.82) is 0 Å². The maximum atomic E-state index is 12.6. The average Bonchev–Trinajstić information content (AvgIpc) is 3.02. The Bertz CT molecular complexity index is 839. The van der Waals surface area contributed by atoms with Crippen LogP contribution < -0.4 is 10.2 Å². The number of aliphatic imine (C=N–C) groups is 1. The highest BCUT2D eigenvalue weighted by atomic mass is 127. The first kappa shape index (κ1) is 21.9. The number of carbonyl (C=O) groups is 1. The van der Waals surface area contributed by atoms with E-state index in [2.05, 4.69) is 10.3 Å². The van der Waals surface area contributed by atoms with Crippen LogP contribution in [0, 0.1) is 0 Å². The molecule has 0 radical (unpaired) electrons. The molecule has 7 nitrogen and oxygen atoms in total. The quantitative estimate of drug-likeness (QED) is 0.372. The van der Waals surface area contributed by atoms with Gasteiger partial charge in [0.15, 0.2) is 15.8 Å². The number of hydrogen-bond donors (Lipinski definition) is 1. The second-order valence-electron chi connectivity index (χ2n) is 7.32. The fourth-order valence-corrected chi connectivity index (χ4v) is 4.87. The van der Waals surface area contributed by atoms with Crippen LogP contribution in [0.2, 0.25) is 0 Å². The average molecular weight is 506 g/mol. The summed E-state index contributed by atoms with van der Waals surface area (Å²) in [6.45, 7) is 5.02. The summed E-state index contributed by atoms with van der Waals surface area (Å²) in [5.74, 6) is 0.641. The highest BCUT2D eigenvalue weighted by Gasteiger charge is 2.41. The Balaban J connectivity index is 0.00000261. The Labute approximate surface area is 178 Å². The molecule has 2 heterocycles. The maximum Gasteiger partial charge on any atom is 0.246 e. The Hall–Kier alpha value is -1.36. The van der Waals surface area contributed by atoms with Gasteiger partial charge >= 0.3 is 0 Å². The molecule has 1 fully saturated rings. The van der Waals surface area contributed by atoms with Crippen LogP contribution in [0.15, 0.2) is 29.3 Å². The number of amides is 1. The first-order chi connectivity index (χ1) is 12.2. The van der Waals surface area contributed by atoms with E-state index in [1.807, 2.05) is 29.2 Å². The third-order valence-corrected chi connectivity index (χ3v) is 7.67. The molecule has 2 aliphatic rings. The Morgan fingerprint density at radius 2 is 1.96 bits per heavy atom. The molecular weight excluding hydrogens is 479 g/mol. The van der Waals surface area contributed by atoms with Gasteiger partial charge in [0, 0.05) is 32.4 Å². The Morgan fingerprint density at radius 1 is 1.26 bits per heavy atom. The van der Waals surface area contributed by atoms with Crippen molar-refractivity contribution in [1.82, 2.24) is 10.2 Å². The van der Waals surface area contributed by atoms with E-state index < -0.39 is 14.6 Å². The normalized spacial score (nSPS) is 20.6. The van der Waals surface area contributed by atoms with Gasteiger partial charge in [0.05, 0.1) is 17.0 Å². The predicted molar refractivity (Wildman–Crippen MR) is 119 cm³/mol. The Morgan fingerprint density at radius 3 is 2.63 bits per heavy atom. The summed E-state index contributed by atoms with van der Waals surface area (Å²) in [5.41, 5.74) is 2.16. The topological polar surface area (TPSA) is 82.1 Å². The summed E-state index contributed by atoms with van der Waals surface area (Å²) in [5, 5.41) is 3.10. The van der Waals surface area contributed by atoms with Crippen LogP contribution >= 0.6 is 24.0 Å². The van der Waals surface area contributed by atoms with Gasteiger partial charge in [0.1, 0.15) is 0 Å². The van der Waals surface area contributed by atoms with Crippen LogP contribution in [0.3, 0.4) is 0 Å². The number of rotatable bonds is 2. The zero-order valence-corrected chi connectivity index (χ0v) is 19.1. The van der Waals surface area contributed by atoms with Crippen molar-refractivity contribution in [3.05, 3.63) is 29.8 Å². The zero-order chi connectivity index (χ0) is 18.9. The van der Waals surface area contributed by atoms with Gasteiger partial charge in [0.2, 0.25) is 5.91 Å². The van der Waals surface area contributed by atoms with E-state index in [-0.39, 0.29) is 42.2 Å². The summed E-state index contributed by atoms with van der Waals surface area (Å²) in [6, 6.07) is 7.93. The molecule has 0 atom stereocenters.